The standard InChI is InChI=1S/C16H20N2O4/c19-14(17-11-6-2-1-3-7-11)10-15(20)18-13-9-5-4-8-12(13)16(21)22/h4-5,8-9,11H,1-3,6-7,10H2,(H,17,19)(H,18,20)(H,21,22). The first-order valence-electron chi connectivity index (χ1n) is 7.48. The molecule has 0 aromatic heterocycles. The Balaban J connectivity index is 1.87. The van der Waals surface area contributed by atoms with Crippen molar-refractivity contribution < 1.29 is 19.5 Å². The normalized spacial score (nSPS) is 15.1. The predicted molar refractivity (Wildman–Crippen MR) is 81.7 cm³/mol. The van der Waals surface area contributed by atoms with Gasteiger partial charge >= 0.3 is 5.97 Å². The van der Waals surface area contributed by atoms with Gasteiger partial charge in [-0.3, -0.25) is 9.59 Å². The van der Waals surface area contributed by atoms with Crippen LogP contribution in [0.4, 0.5) is 5.69 Å². The zero-order valence-corrected chi connectivity index (χ0v) is 12.3. The van der Waals surface area contributed by atoms with Gasteiger partial charge in [0.1, 0.15) is 6.42 Å². The van der Waals surface area contributed by atoms with Gasteiger partial charge in [-0.1, -0.05) is 31.4 Å². The molecule has 0 spiro atoms. The number of nitrogens with one attached hydrogen (secondary N) is 2. The van der Waals surface area contributed by atoms with E-state index in [1.807, 2.05) is 0 Å². The van der Waals surface area contributed by atoms with E-state index < -0.39 is 11.9 Å². The molecule has 1 aliphatic rings. The van der Waals surface area contributed by atoms with Gasteiger partial charge in [0.05, 0.1) is 11.3 Å². The second-order valence-electron chi connectivity index (χ2n) is 5.48. The summed E-state index contributed by atoms with van der Waals surface area (Å²) >= 11 is 0. The van der Waals surface area contributed by atoms with Crippen molar-refractivity contribution in [1.82, 2.24) is 5.32 Å². The lowest BCUT2D eigenvalue weighted by Gasteiger charge is -2.22. The molecule has 2 rings (SSSR count). The van der Waals surface area contributed by atoms with Crippen molar-refractivity contribution in [3.8, 4) is 0 Å². The molecule has 0 bridgehead atoms. The lowest BCUT2D eigenvalue weighted by molar-refractivity contribution is -0.127. The summed E-state index contributed by atoms with van der Waals surface area (Å²) in [5, 5.41) is 14.4. The molecule has 22 heavy (non-hydrogen) atoms. The molecule has 0 heterocycles. The van der Waals surface area contributed by atoms with Crippen molar-refractivity contribution in [3.05, 3.63) is 29.8 Å². The molecule has 6 heteroatoms. The first-order valence-corrected chi connectivity index (χ1v) is 7.48. The Morgan fingerprint density at radius 3 is 2.41 bits per heavy atom. The van der Waals surface area contributed by atoms with Crippen LogP contribution in [0, 0.1) is 0 Å². The fraction of sp³-hybridized carbons (Fsp3) is 0.438. The van der Waals surface area contributed by atoms with Crippen LogP contribution in [0.1, 0.15) is 48.9 Å². The van der Waals surface area contributed by atoms with Crippen molar-refractivity contribution in [2.75, 3.05) is 5.32 Å². The third kappa shape index (κ3) is 4.58. The highest BCUT2D eigenvalue weighted by atomic mass is 16.4. The maximum absolute atomic E-state index is 11.9. The number of benzene rings is 1. The number of para-hydroxylation sites is 1. The minimum absolute atomic E-state index is 0.00328. The molecule has 0 atom stereocenters. The molecular formula is C16H20N2O4. The van der Waals surface area contributed by atoms with Crippen LogP contribution in [-0.2, 0) is 9.59 Å². The van der Waals surface area contributed by atoms with Gasteiger partial charge in [-0.05, 0) is 25.0 Å². The summed E-state index contributed by atoms with van der Waals surface area (Å²) in [4.78, 5) is 34.8. The third-order valence-electron chi connectivity index (χ3n) is 3.72. The lowest BCUT2D eigenvalue weighted by atomic mass is 9.95. The summed E-state index contributed by atoms with van der Waals surface area (Å²) in [5.41, 5.74) is 0.203. The van der Waals surface area contributed by atoms with Crippen LogP contribution in [0.2, 0.25) is 0 Å². The number of anilines is 1. The Morgan fingerprint density at radius 2 is 1.73 bits per heavy atom. The molecule has 118 valence electrons. The maximum Gasteiger partial charge on any atom is 0.337 e. The van der Waals surface area contributed by atoms with E-state index in [-0.39, 0.29) is 29.6 Å². The molecule has 1 saturated carbocycles. The second-order valence-corrected chi connectivity index (χ2v) is 5.48. The van der Waals surface area contributed by atoms with Gasteiger partial charge in [0.15, 0.2) is 0 Å². The molecular weight excluding hydrogens is 284 g/mol. The van der Waals surface area contributed by atoms with Crippen LogP contribution in [-0.4, -0.2) is 28.9 Å². The van der Waals surface area contributed by atoms with Crippen molar-refractivity contribution in [1.29, 1.82) is 0 Å². The number of carboxylic acid groups (broad SMARTS) is 1. The quantitative estimate of drug-likeness (QED) is 0.726. The molecule has 6 nitrogen and oxygen atoms in total. The van der Waals surface area contributed by atoms with Crippen LogP contribution >= 0.6 is 0 Å². The zero-order valence-electron chi connectivity index (χ0n) is 12.3. The van der Waals surface area contributed by atoms with E-state index in [0.29, 0.717) is 0 Å². The maximum atomic E-state index is 11.9. The summed E-state index contributed by atoms with van der Waals surface area (Å²) in [6.45, 7) is 0. The molecule has 1 fully saturated rings. The SMILES string of the molecule is O=C(CC(=O)NC1CCCCC1)Nc1ccccc1C(=O)O. The van der Waals surface area contributed by atoms with E-state index in [2.05, 4.69) is 10.6 Å². The minimum Gasteiger partial charge on any atom is -0.478 e. The van der Waals surface area contributed by atoms with Gasteiger partial charge in [0, 0.05) is 6.04 Å². The van der Waals surface area contributed by atoms with Crippen molar-refractivity contribution in [2.24, 2.45) is 0 Å². The summed E-state index contributed by atoms with van der Waals surface area (Å²) in [6.07, 6.45) is 5.00. The zero-order chi connectivity index (χ0) is 15.9. The predicted octanol–water partition coefficient (Wildman–Crippen LogP) is 2.16. The topological polar surface area (TPSA) is 95.5 Å². The number of carboxylic acids is 1. The molecule has 1 aromatic rings. The lowest BCUT2D eigenvalue weighted by Crippen LogP contribution is -2.37. The highest BCUT2D eigenvalue weighted by molar-refractivity contribution is 6.06. The molecule has 2 amide bonds. The monoisotopic (exact) mass is 304 g/mol. The average Bonchev–Trinajstić information content (AvgIpc) is 2.48. The molecule has 0 radical (unpaired) electrons. The van der Waals surface area contributed by atoms with Crippen molar-refractivity contribution in [2.45, 2.75) is 44.6 Å². The Kier molecular flexibility index (Phi) is 5.52. The summed E-state index contributed by atoms with van der Waals surface area (Å²) in [7, 11) is 0. The second kappa shape index (κ2) is 7.59. The van der Waals surface area contributed by atoms with Gasteiger partial charge in [-0.2, -0.15) is 0 Å². The van der Waals surface area contributed by atoms with Gasteiger partial charge < -0.3 is 15.7 Å². The largest absolute Gasteiger partial charge is 0.478 e. The van der Waals surface area contributed by atoms with Crippen LogP contribution in [0.3, 0.4) is 0 Å². The Morgan fingerprint density at radius 1 is 1.05 bits per heavy atom. The fourth-order valence-corrected chi connectivity index (χ4v) is 2.64. The van der Waals surface area contributed by atoms with Gasteiger partial charge in [0.25, 0.3) is 0 Å². The number of carbonyl (C=O) groups excluding carboxylic acids is 2. The van der Waals surface area contributed by atoms with E-state index in [0.717, 1.165) is 25.7 Å². The van der Waals surface area contributed by atoms with Crippen LogP contribution in [0.25, 0.3) is 0 Å². The van der Waals surface area contributed by atoms with Crippen LogP contribution < -0.4 is 10.6 Å². The first-order chi connectivity index (χ1) is 10.6. The highest BCUT2D eigenvalue weighted by Gasteiger charge is 2.18. The number of rotatable bonds is 5. The van der Waals surface area contributed by atoms with Crippen LogP contribution in [0.15, 0.2) is 24.3 Å². The van der Waals surface area contributed by atoms with E-state index in [1.54, 1.807) is 12.1 Å². The van der Waals surface area contributed by atoms with Crippen molar-refractivity contribution in [3.63, 3.8) is 0 Å². The highest BCUT2D eigenvalue weighted by Crippen LogP contribution is 2.18. The van der Waals surface area contributed by atoms with E-state index in [9.17, 15) is 14.4 Å². The number of carbonyl (C=O) groups is 3. The average molecular weight is 304 g/mol. The molecule has 0 aliphatic heterocycles. The van der Waals surface area contributed by atoms with Gasteiger partial charge in [0.2, 0.25) is 11.8 Å². The Labute approximate surface area is 128 Å². The van der Waals surface area contributed by atoms with Crippen LogP contribution in [0.5, 0.6) is 0 Å². The molecule has 0 unspecified atom stereocenters. The number of amides is 2. The number of hydrogen-bond donors (Lipinski definition) is 3. The Bertz CT molecular complexity index is 565. The Hall–Kier alpha value is -2.37. The summed E-state index contributed by atoms with van der Waals surface area (Å²) in [5.74, 6) is -1.96. The smallest absolute Gasteiger partial charge is 0.337 e. The van der Waals surface area contributed by atoms with E-state index in [1.165, 1.54) is 18.6 Å². The fourth-order valence-electron chi connectivity index (χ4n) is 2.64. The number of aromatic carboxylic acids is 1. The van der Waals surface area contributed by atoms with Gasteiger partial charge in [-0.25, -0.2) is 4.79 Å². The first kappa shape index (κ1) is 16.0. The van der Waals surface area contributed by atoms with Crippen molar-refractivity contribution >= 4 is 23.5 Å². The van der Waals surface area contributed by atoms with E-state index in [4.69, 9.17) is 5.11 Å². The molecule has 3 N–H and O–H groups in total. The minimum atomic E-state index is -1.12. The molecule has 1 aliphatic carbocycles. The summed E-state index contributed by atoms with van der Waals surface area (Å²) < 4.78 is 0. The summed E-state index contributed by atoms with van der Waals surface area (Å²) in [6, 6.07) is 6.26. The number of hydrogen-bond acceptors (Lipinski definition) is 3. The third-order valence-corrected chi connectivity index (χ3v) is 3.72. The van der Waals surface area contributed by atoms with E-state index >= 15 is 0 Å². The molecule has 0 saturated heterocycles. The van der Waals surface area contributed by atoms with Gasteiger partial charge in [-0.15, -0.1) is 0 Å². The molecule has 1 aromatic carbocycles.